The molecule has 0 unspecified atom stereocenters. The predicted molar refractivity (Wildman–Crippen MR) is 139 cm³/mol. The summed E-state index contributed by atoms with van der Waals surface area (Å²) < 4.78 is 9.32. The lowest BCUT2D eigenvalue weighted by Gasteiger charge is -2.24. The number of ether oxygens (including phenoxy) is 1. The number of allylic oxidation sites excluding steroid dienone is 1. The van der Waals surface area contributed by atoms with Gasteiger partial charge in [-0.2, -0.15) is 5.26 Å². The van der Waals surface area contributed by atoms with Gasteiger partial charge in [0.15, 0.2) is 4.80 Å². The minimum absolute atomic E-state index is 0.213. The third kappa shape index (κ3) is 3.97. The van der Waals surface area contributed by atoms with Crippen LogP contribution in [0.4, 0.5) is 0 Å². The molecule has 36 heavy (non-hydrogen) atoms. The van der Waals surface area contributed by atoms with Gasteiger partial charge in [-0.1, -0.05) is 59.4 Å². The summed E-state index contributed by atoms with van der Waals surface area (Å²) in [7, 11) is 0. The number of rotatable bonds is 5. The summed E-state index contributed by atoms with van der Waals surface area (Å²) in [6.07, 6.45) is 3.73. The van der Waals surface area contributed by atoms with Crippen molar-refractivity contribution in [3.05, 3.63) is 102 Å². The number of fused-ring (bicyclic) bond motifs is 2. The fourth-order valence-corrected chi connectivity index (χ4v) is 5.63. The standard InChI is InChI=1S/C28H24N4O3S/c1-4-35-27(34)24-18(3)30-28-32(25(24)19-11-9-17(2)10-12-19)26(33)23(36-28)15-20-16-31(14-13-29)22-8-6-5-7-21(20)22/h5-12,15-16,25H,4,14H2,1-3H3/b23-15-/t25-/m1/s1. The van der Waals surface area contributed by atoms with E-state index in [4.69, 9.17) is 4.74 Å². The molecule has 0 saturated heterocycles. The number of carbonyl (C=O) groups excluding carboxylic acids is 1. The quantitative estimate of drug-likeness (QED) is 0.395. The fourth-order valence-electron chi connectivity index (χ4n) is 4.59. The van der Waals surface area contributed by atoms with Crippen LogP contribution in [0.5, 0.6) is 0 Å². The zero-order chi connectivity index (χ0) is 25.4. The molecular weight excluding hydrogens is 472 g/mol. The van der Waals surface area contributed by atoms with Crippen molar-refractivity contribution < 1.29 is 9.53 Å². The first-order chi connectivity index (χ1) is 17.4. The molecule has 0 fully saturated rings. The third-order valence-electron chi connectivity index (χ3n) is 6.26. The first-order valence-electron chi connectivity index (χ1n) is 11.6. The number of aryl methyl sites for hydroxylation is 1. The SMILES string of the molecule is CCOC(=O)C1=C(C)N=c2s/c(=C\c3cn(CC#N)c4ccccc34)c(=O)n2[C@@H]1c1ccc(C)cc1. The van der Waals surface area contributed by atoms with E-state index in [-0.39, 0.29) is 18.7 Å². The summed E-state index contributed by atoms with van der Waals surface area (Å²) in [5, 5.41) is 10.2. The van der Waals surface area contributed by atoms with Crippen LogP contribution in [0.3, 0.4) is 0 Å². The van der Waals surface area contributed by atoms with Crippen molar-refractivity contribution in [1.29, 1.82) is 5.26 Å². The van der Waals surface area contributed by atoms with Crippen LogP contribution in [-0.4, -0.2) is 21.7 Å². The maximum atomic E-state index is 13.8. The number of nitriles is 1. The maximum absolute atomic E-state index is 13.8. The number of thiazole rings is 1. The van der Waals surface area contributed by atoms with Gasteiger partial charge in [-0.05, 0) is 38.5 Å². The molecular formula is C28H24N4O3S. The minimum Gasteiger partial charge on any atom is -0.463 e. The van der Waals surface area contributed by atoms with Gasteiger partial charge in [0.25, 0.3) is 5.56 Å². The molecule has 3 heterocycles. The molecule has 0 N–H and O–H groups in total. The summed E-state index contributed by atoms with van der Waals surface area (Å²) >= 11 is 1.29. The van der Waals surface area contributed by atoms with Crippen molar-refractivity contribution >= 4 is 34.3 Å². The first-order valence-corrected chi connectivity index (χ1v) is 12.5. The highest BCUT2D eigenvalue weighted by Gasteiger charge is 2.33. The fraction of sp³-hybridized carbons (Fsp3) is 0.214. The van der Waals surface area contributed by atoms with Crippen LogP contribution in [0.2, 0.25) is 0 Å². The molecule has 180 valence electrons. The highest BCUT2D eigenvalue weighted by molar-refractivity contribution is 7.07. The van der Waals surface area contributed by atoms with Crippen LogP contribution < -0.4 is 14.9 Å². The van der Waals surface area contributed by atoms with Gasteiger partial charge >= 0.3 is 5.97 Å². The Hall–Kier alpha value is -4.22. The zero-order valence-electron chi connectivity index (χ0n) is 20.2. The Balaban J connectivity index is 1.74. The molecule has 8 heteroatoms. The van der Waals surface area contributed by atoms with E-state index in [1.807, 2.05) is 72.3 Å². The molecule has 1 atom stereocenters. The van der Waals surface area contributed by atoms with Gasteiger partial charge in [0.05, 0.1) is 34.5 Å². The smallest absolute Gasteiger partial charge is 0.338 e. The van der Waals surface area contributed by atoms with Gasteiger partial charge in [0, 0.05) is 22.7 Å². The number of nitrogens with zero attached hydrogens (tertiary/aromatic N) is 4. The van der Waals surface area contributed by atoms with Crippen molar-refractivity contribution in [3.8, 4) is 6.07 Å². The second-order valence-corrected chi connectivity index (χ2v) is 9.61. The predicted octanol–water partition coefficient (Wildman–Crippen LogP) is 3.59. The monoisotopic (exact) mass is 496 g/mol. The second kappa shape index (κ2) is 9.44. The average molecular weight is 497 g/mol. The van der Waals surface area contributed by atoms with Crippen LogP contribution in [0.25, 0.3) is 17.0 Å². The highest BCUT2D eigenvalue weighted by Crippen LogP contribution is 2.31. The van der Waals surface area contributed by atoms with Crippen LogP contribution in [-0.2, 0) is 16.1 Å². The van der Waals surface area contributed by atoms with Crippen LogP contribution >= 0.6 is 11.3 Å². The van der Waals surface area contributed by atoms with Crippen molar-refractivity contribution in [2.24, 2.45) is 4.99 Å². The number of benzene rings is 2. The highest BCUT2D eigenvalue weighted by atomic mass is 32.1. The molecule has 2 aromatic carbocycles. The lowest BCUT2D eigenvalue weighted by atomic mass is 9.95. The van der Waals surface area contributed by atoms with Crippen molar-refractivity contribution in [1.82, 2.24) is 9.13 Å². The largest absolute Gasteiger partial charge is 0.463 e. The van der Waals surface area contributed by atoms with E-state index in [0.29, 0.717) is 20.6 Å². The van der Waals surface area contributed by atoms with Gasteiger partial charge in [-0.3, -0.25) is 9.36 Å². The molecule has 0 aliphatic carbocycles. The van der Waals surface area contributed by atoms with Gasteiger partial charge < -0.3 is 9.30 Å². The van der Waals surface area contributed by atoms with Crippen molar-refractivity contribution in [2.45, 2.75) is 33.4 Å². The molecule has 0 saturated carbocycles. The lowest BCUT2D eigenvalue weighted by molar-refractivity contribution is -0.139. The molecule has 7 nitrogen and oxygen atoms in total. The molecule has 4 aromatic rings. The number of aromatic nitrogens is 2. The first kappa shape index (κ1) is 23.5. The van der Waals surface area contributed by atoms with E-state index in [0.717, 1.165) is 27.6 Å². The topological polar surface area (TPSA) is 89.4 Å². The van der Waals surface area contributed by atoms with Crippen LogP contribution in [0.1, 0.15) is 36.6 Å². The van der Waals surface area contributed by atoms with Crippen molar-refractivity contribution in [3.63, 3.8) is 0 Å². The summed E-state index contributed by atoms with van der Waals surface area (Å²) in [4.78, 5) is 32.0. The summed E-state index contributed by atoms with van der Waals surface area (Å²) in [5.74, 6) is -0.474. The van der Waals surface area contributed by atoms with E-state index >= 15 is 0 Å². The molecule has 1 aliphatic rings. The number of para-hydroxylation sites is 1. The van der Waals surface area contributed by atoms with Gasteiger partial charge in [0.1, 0.15) is 6.54 Å². The minimum atomic E-state index is -0.636. The van der Waals surface area contributed by atoms with E-state index < -0.39 is 12.0 Å². The van der Waals surface area contributed by atoms with E-state index in [1.165, 1.54) is 11.3 Å². The summed E-state index contributed by atoms with van der Waals surface area (Å²) in [6.45, 7) is 5.97. The molecule has 5 rings (SSSR count). The van der Waals surface area contributed by atoms with Gasteiger partial charge in [0.2, 0.25) is 0 Å². The van der Waals surface area contributed by atoms with E-state index in [9.17, 15) is 14.9 Å². The Kier molecular flexibility index (Phi) is 6.17. The molecule has 0 radical (unpaired) electrons. The number of carbonyl (C=O) groups is 1. The molecule has 2 aromatic heterocycles. The van der Waals surface area contributed by atoms with E-state index in [1.54, 1.807) is 18.4 Å². The second-order valence-electron chi connectivity index (χ2n) is 8.60. The Labute approximate surface area is 211 Å². The normalized spacial score (nSPS) is 15.5. The number of hydrogen-bond acceptors (Lipinski definition) is 6. The van der Waals surface area contributed by atoms with Crippen molar-refractivity contribution in [2.75, 3.05) is 6.61 Å². The summed E-state index contributed by atoms with van der Waals surface area (Å²) in [5.41, 5.74) is 4.35. The number of hydrogen-bond donors (Lipinski definition) is 0. The van der Waals surface area contributed by atoms with Gasteiger partial charge in [-0.15, -0.1) is 0 Å². The number of esters is 1. The van der Waals surface area contributed by atoms with Gasteiger partial charge in [-0.25, -0.2) is 9.79 Å². The van der Waals surface area contributed by atoms with Crippen LogP contribution in [0, 0.1) is 18.3 Å². The lowest BCUT2D eigenvalue weighted by Crippen LogP contribution is -2.39. The Morgan fingerprint density at radius 1 is 1.19 bits per heavy atom. The zero-order valence-corrected chi connectivity index (χ0v) is 21.0. The average Bonchev–Trinajstić information content (AvgIpc) is 3.36. The molecule has 0 amide bonds. The molecule has 1 aliphatic heterocycles. The van der Waals surface area contributed by atoms with E-state index in [2.05, 4.69) is 11.1 Å². The Bertz CT molecular complexity index is 1750. The third-order valence-corrected chi connectivity index (χ3v) is 7.24. The molecule has 0 bridgehead atoms. The maximum Gasteiger partial charge on any atom is 0.338 e. The van der Waals surface area contributed by atoms with Crippen LogP contribution in [0.15, 0.2) is 75.8 Å². The Morgan fingerprint density at radius 2 is 1.94 bits per heavy atom. The summed E-state index contributed by atoms with van der Waals surface area (Å²) in [6, 6.07) is 17.1. The molecule has 0 spiro atoms. The Morgan fingerprint density at radius 3 is 2.67 bits per heavy atom.